The highest BCUT2D eigenvalue weighted by atomic mass is 19.2. The van der Waals surface area contributed by atoms with Crippen LogP contribution in [0.15, 0.2) is 42.6 Å². The molecule has 0 aliphatic carbocycles. The van der Waals surface area contributed by atoms with E-state index < -0.39 is 17.6 Å². The number of ketones is 1. The lowest BCUT2D eigenvalue weighted by atomic mass is 10.0. The molecule has 2 aromatic heterocycles. The minimum atomic E-state index is -1.14. The van der Waals surface area contributed by atoms with Gasteiger partial charge >= 0.3 is 0 Å². The molecule has 0 aliphatic heterocycles. The highest BCUT2D eigenvalue weighted by Crippen LogP contribution is 2.29. The van der Waals surface area contributed by atoms with Crippen molar-refractivity contribution in [1.29, 1.82) is 0 Å². The number of aryl methyl sites for hydroxylation is 2. The molecule has 0 saturated carbocycles. The first kappa shape index (κ1) is 23.1. The maximum atomic E-state index is 14.7. The minimum Gasteiger partial charge on any atom is -0.313 e. The summed E-state index contributed by atoms with van der Waals surface area (Å²) in [4.78, 5) is 33.2. The Hall–Kier alpha value is -3.55. The molecule has 0 saturated heterocycles. The van der Waals surface area contributed by atoms with Crippen molar-refractivity contribution < 1.29 is 22.8 Å². The highest BCUT2D eigenvalue weighted by Gasteiger charge is 2.20. The van der Waals surface area contributed by atoms with Gasteiger partial charge in [0.25, 0.3) is 0 Å². The maximum Gasteiger partial charge on any atom is 0.226 e. The van der Waals surface area contributed by atoms with Crippen LogP contribution >= 0.6 is 0 Å². The fourth-order valence-corrected chi connectivity index (χ4v) is 3.30. The van der Waals surface area contributed by atoms with Gasteiger partial charge in [0, 0.05) is 42.9 Å². The van der Waals surface area contributed by atoms with Gasteiger partial charge < -0.3 is 4.90 Å². The van der Waals surface area contributed by atoms with Gasteiger partial charge in [0.2, 0.25) is 11.9 Å². The van der Waals surface area contributed by atoms with Crippen molar-refractivity contribution in [2.75, 3.05) is 11.9 Å². The first-order chi connectivity index (χ1) is 15.2. The summed E-state index contributed by atoms with van der Waals surface area (Å²) in [5, 5.41) is 0. The maximum absolute atomic E-state index is 14.7. The van der Waals surface area contributed by atoms with Crippen molar-refractivity contribution in [3.05, 3.63) is 77.0 Å². The fraction of sp³-hybridized carbons (Fsp3) is 0.250. The number of nitrogens with zero attached hydrogens (tertiary/aromatic N) is 3. The lowest BCUT2D eigenvalue weighted by Gasteiger charge is -2.18. The summed E-state index contributed by atoms with van der Waals surface area (Å²) in [7, 11) is 1.38. The Morgan fingerprint density at radius 3 is 2.38 bits per heavy atom. The van der Waals surface area contributed by atoms with Gasteiger partial charge in [0.1, 0.15) is 0 Å². The number of Topliss-reactive ketones (excluding diaryl/α,β-unsaturated/α-hetero) is 1. The second-order valence-corrected chi connectivity index (χ2v) is 7.30. The molecule has 1 aromatic carbocycles. The number of carbonyl (C=O) groups is 2. The van der Waals surface area contributed by atoms with Crippen LogP contribution < -0.4 is 4.90 Å². The zero-order chi connectivity index (χ0) is 23.4. The lowest BCUT2D eigenvalue weighted by Crippen LogP contribution is -2.26. The molecule has 0 atom stereocenters. The Morgan fingerprint density at radius 2 is 1.75 bits per heavy atom. The third kappa shape index (κ3) is 4.85. The topological polar surface area (TPSA) is 63.2 Å². The number of halogens is 3. The number of rotatable bonds is 7. The quantitative estimate of drug-likeness (QED) is 0.380. The van der Waals surface area contributed by atoms with Gasteiger partial charge in [0.05, 0.1) is 11.4 Å². The zero-order valence-electron chi connectivity index (χ0n) is 18.0. The van der Waals surface area contributed by atoms with Crippen molar-refractivity contribution in [2.24, 2.45) is 0 Å². The Kier molecular flexibility index (Phi) is 7.02. The third-order valence-electron chi connectivity index (χ3n) is 5.24. The van der Waals surface area contributed by atoms with Crippen LogP contribution in [0.4, 0.5) is 18.9 Å². The van der Waals surface area contributed by atoms with E-state index in [0.29, 0.717) is 17.7 Å². The number of hydrogen-bond donors (Lipinski definition) is 0. The van der Waals surface area contributed by atoms with Crippen LogP contribution in [-0.4, -0.2) is 28.7 Å². The van der Waals surface area contributed by atoms with Crippen molar-refractivity contribution >= 4 is 17.4 Å². The van der Waals surface area contributed by atoms with Gasteiger partial charge in [-0.05, 0) is 49.2 Å². The average molecular weight is 441 g/mol. The van der Waals surface area contributed by atoms with Gasteiger partial charge in [0.15, 0.2) is 17.4 Å². The van der Waals surface area contributed by atoms with E-state index in [9.17, 15) is 22.8 Å². The number of pyridine rings is 2. The summed E-state index contributed by atoms with van der Waals surface area (Å²) in [6.07, 6.45) is 2.04. The van der Waals surface area contributed by atoms with Crippen molar-refractivity contribution in [3.8, 4) is 11.3 Å². The lowest BCUT2D eigenvalue weighted by molar-refractivity contribution is -0.118. The summed E-state index contributed by atoms with van der Waals surface area (Å²) in [6.45, 7) is 3.31. The summed E-state index contributed by atoms with van der Waals surface area (Å²) in [5.41, 5.74) is 1.55. The molecule has 0 fully saturated rings. The van der Waals surface area contributed by atoms with Gasteiger partial charge in [-0.25, -0.2) is 13.8 Å². The molecule has 3 aromatic rings. The number of anilines is 1. The first-order valence-corrected chi connectivity index (χ1v) is 10.1. The molecular weight excluding hydrogens is 419 g/mol. The number of benzene rings is 1. The minimum absolute atomic E-state index is 0.0735. The molecule has 5 nitrogen and oxygen atoms in total. The second kappa shape index (κ2) is 9.72. The molecule has 1 amide bonds. The van der Waals surface area contributed by atoms with Gasteiger partial charge in [-0.1, -0.05) is 13.0 Å². The van der Waals surface area contributed by atoms with Crippen LogP contribution in [0.2, 0.25) is 0 Å². The van der Waals surface area contributed by atoms with Crippen molar-refractivity contribution in [2.45, 2.75) is 33.1 Å². The van der Waals surface area contributed by atoms with E-state index in [1.165, 1.54) is 43.6 Å². The Labute approximate surface area is 183 Å². The molecule has 166 valence electrons. The predicted molar refractivity (Wildman–Crippen MR) is 115 cm³/mol. The van der Waals surface area contributed by atoms with E-state index in [1.54, 1.807) is 19.9 Å². The Bertz CT molecular complexity index is 1160. The Balaban J connectivity index is 1.75. The van der Waals surface area contributed by atoms with Crippen LogP contribution in [0.25, 0.3) is 11.3 Å². The number of aromatic nitrogens is 2. The van der Waals surface area contributed by atoms with E-state index >= 15 is 0 Å². The zero-order valence-corrected chi connectivity index (χ0v) is 18.0. The summed E-state index contributed by atoms with van der Waals surface area (Å²) < 4.78 is 42.3. The van der Waals surface area contributed by atoms with Gasteiger partial charge in [-0.3, -0.25) is 14.6 Å². The average Bonchev–Trinajstić information content (AvgIpc) is 2.79. The summed E-state index contributed by atoms with van der Waals surface area (Å²) in [6, 6.07) is 8.45. The van der Waals surface area contributed by atoms with Crippen molar-refractivity contribution in [1.82, 2.24) is 9.97 Å². The molecule has 3 rings (SSSR count). The molecule has 0 N–H and O–H groups in total. The molecule has 0 aliphatic rings. The smallest absolute Gasteiger partial charge is 0.226 e. The molecule has 0 radical (unpaired) electrons. The summed E-state index contributed by atoms with van der Waals surface area (Å²) in [5.74, 6) is -3.36. The molecule has 2 heterocycles. The molecular formula is C24H22F3N3O2. The normalized spacial score (nSPS) is 10.8. The second-order valence-electron chi connectivity index (χ2n) is 7.30. The van der Waals surface area contributed by atoms with Gasteiger partial charge in [-0.15, -0.1) is 0 Å². The highest BCUT2D eigenvalue weighted by molar-refractivity contribution is 5.96. The summed E-state index contributed by atoms with van der Waals surface area (Å²) >= 11 is 0. The monoisotopic (exact) mass is 441 g/mol. The van der Waals surface area contributed by atoms with E-state index in [-0.39, 0.29) is 41.5 Å². The molecule has 0 unspecified atom stereocenters. The van der Waals surface area contributed by atoms with E-state index in [4.69, 9.17) is 0 Å². The van der Waals surface area contributed by atoms with Crippen LogP contribution in [0.3, 0.4) is 0 Å². The number of carbonyl (C=O) groups excluding carboxylic acids is 2. The standard InChI is InChI=1S/C24H22F3N3O2/c1-4-22(32)30(3)19-10-8-17(23(26)24(19)27)18-9-5-16(13-28-18)20(31)11-6-15-7-12-21(25)29-14(15)2/h5,7-10,12-13H,4,6,11H2,1-3H3. The van der Waals surface area contributed by atoms with Crippen LogP contribution in [0.1, 0.15) is 41.4 Å². The molecule has 0 bridgehead atoms. The number of amides is 1. The fourth-order valence-electron chi connectivity index (χ4n) is 3.30. The first-order valence-electron chi connectivity index (χ1n) is 10.1. The molecule has 32 heavy (non-hydrogen) atoms. The van der Waals surface area contributed by atoms with Gasteiger partial charge in [-0.2, -0.15) is 4.39 Å². The van der Waals surface area contributed by atoms with E-state index in [2.05, 4.69) is 9.97 Å². The third-order valence-corrected chi connectivity index (χ3v) is 5.24. The molecule has 8 heteroatoms. The van der Waals surface area contributed by atoms with Crippen LogP contribution in [0.5, 0.6) is 0 Å². The van der Waals surface area contributed by atoms with Crippen LogP contribution in [0, 0.1) is 24.5 Å². The number of hydrogen-bond acceptors (Lipinski definition) is 4. The predicted octanol–water partition coefficient (Wildman–Crippen LogP) is 5.06. The largest absolute Gasteiger partial charge is 0.313 e. The SMILES string of the molecule is CCC(=O)N(C)c1ccc(-c2ccc(C(=O)CCc3ccc(F)nc3C)cn2)c(F)c1F. The van der Waals surface area contributed by atoms with Crippen LogP contribution in [-0.2, 0) is 11.2 Å². The van der Waals surface area contributed by atoms with E-state index in [0.717, 1.165) is 10.5 Å². The van der Waals surface area contributed by atoms with E-state index in [1.807, 2.05) is 0 Å². The molecule has 0 spiro atoms. The Morgan fingerprint density at radius 1 is 1.00 bits per heavy atom. The van der Waals surface area contributed by atoms with Crippen molar-refractivity contribution in [3.63, 3.8) is 0 Å².